The zero-order chi connectivity index (χ0) is 13.7. The molecule has 0 radical (unpaired) electrons. The van der Waals surface area contributed by atoms with Crippen LogP contribution in [0, 0.1) is 11.3 Å². The lowest BCUT2D eigenvalue weighted by atomic mass is 10.4. The Morgan fingerprint density at radius 2 is 2.32 bits per heavy atom. The molecule has 7 heteroatoms. The van der Waals surface area contributed by atoms with E-state index in [0.29, 0.717) is 13.0 Å². The predicted molar refractivity (Wildman–Crippen MR) is 80.8 cm³/mol. The van der Waals surface area contributed by atoms with E-state index >= 15 is 0 Å². The van der Waals surface area contributed by atoms with E-state index in [1.54, 1.807) is 11.3 Å². The number of rotatable bonds is 5. The smallest absolute Gasteiger partial charge is 0.136 e. The van der Waals surface area contributed by atoms with Crippen LogP contribution in [0.1, 0.15) is 6.42 Å². The van der Waals surface area contributed by atoms with Crippen LogP contribution >= 0.6 is 27.3 Å². The first-order valence-corrected chi connectivity index (χ1v) is 7.22. The molecule has 2 aromatic heterocycles. The molecule has 2 heterocycles. The first-order chi connectivity index (χ1) is 9.19. The molecule has 0 aliphatic rings. The van der Waals surface area contributed by atoms with Crippen molar-refractivity contribution in [3.05, 3.63) is 28.3 Å². The van der Waals surface area contributed by atoms with E-state index in [2.05, 4.69) is 37.3 Å². The Hall–Kier alpha value is -1.65. The van der Waals surface area contributed by atoms with Crippen LogP contribution in [0.2, 0.25) is 0 Å². The molecule has 0 atom stereocenters. The predicted octanol–water partition coefficient (Wildman–Crippen LogP) is 3.39. The van der Waals surface area contributed by atoms with Crippen LogP contribution < -0.4 is 10.2 Å². The van der Waals surface area contributed by atoms with Crippen molar-refractivity contribution in [2.24, 2.45) is 0 Å². The Balaban J connectivity index is 2.08. The van der Waals surface area contributed by atoms with Gasteiger partial charge < -0.3 is 10.2 Å². The number of hydrogen-bond acceptors (Lipinski definition) is 6. The molecule has 0 saturated heterocycles. The summed E-state index contributed by atoms with van der Waals surface area (Å²) in [5.41, 5.74) is 0. The first-order valence-electron chi connectivity index (χ1n) is 5.61. The summed E-state index contributed by atoms with van der Waals surface area (Å²) in [6, 6.07) is 7.95. The second-order valence-electron chi connectivity index (χ2n) is 3.82. The highest BCUT2D eigenvalue weighted by molar-refractivity contribution is 9.11. The van der Waals surface area contributed by atoms with E-state index in [1.165, 1.54) is 6.33 Å². The van der Waals surface area contributed by atoms with Gasteiger partial charge in [0, 0.05) is 19.7 Å². The summed E-state index contributed by atoms with van der Waals surface area (Å²) in [6.45, 7) is 0.650. The maximum atomic E-state index is 8.59. The van der Waals surface area contributed by atoms with Gasteiger partial charge in [-0.25, -0.2) is 9.97 Å². The molecule has 0 fully saturated rings. The van der Waals surface area contributed by atoms with Crippen molar-refractivity contribution in [3.63, 3.8) is 0 Å². The van der Waals surface area contributed by atoms with Gasteiger partial charge in [0.1, 0.15) is 18.0 Å². The van der Waals surface area contributed by atoms with Crippen molar-refractivity contribution in [1.29, 1.82) is 5.26 Å². The fourth-order valence-corrected chi connectivity index (χ4v) is 2.76. The average molecular weight is 338 g/mol. The molecule has 0 spiro atoms. The Kier molecular flexibility index (Phi) is 4.71. The van der Waals surface area contributed by atoms with Crippen molar-refractivity contribution in [2.45, 2.75) is 6.42 Å². The van der Waals surface area contributed by atoms with Gasteiger partial charge in [-0.3, -0.25) is 0 Å². The van der Waals surface area contributed by atoms with Crippen molar-refractivity contribution < 1.29 is 0 Å². The van der Waals surface area contributed by atoms with Crippen LogP contribution in [-0.4, -0.2) is 23.6 Å². The summed E-state index contributed by atoms with van der Waals surface area (Å²) < 4.78 is 1.07. The monoisotopic (exact) mass is 337 g/mol. The summed E-state index contributed by atoms with van der Waals surface area (Å²) in [6.07, 6.45) is 1.99. The van der Waals surface area contributed by atoms with Crippen molar-refractivity contribution in [1.82, 2.24) is 9.97 Å². The Morgan fingerprint density at radius 3 is 3.00 bits per heavy atom. The normalized spacial score (nSPS) is 9.95. The largest absolute Gasteiger partial charge is 0.358 e. The molecule has 0 bridgehead atoms. The van der Waals surface area contributed by atoms with Gasteiger partial charge >= 0.3 is 0 Å². The third-order valence-corrected chi connectivity index (χ3v) is 3.97. The maximum Gasteiger partial charge on any atom is 0.136 e. The highest BCUT2D eigenvalue weighted by Crippen LogP contribution is 2.29. The molecule has 0 saturated carbocycles. The van der Waals surface area contributed by atoms with Gasteiger partial charge in [-0.05, 0) is 28.1 Å². The van der Waals surface area contributed by atoms with Gasteiger partial charge in [-0.15, -0.1) is 11.3 Å². The minimum absolute atomic E-state index is 0.473. The molecule has 98 valence electrons. The molecule has 5 nitrogen and oxygen atoms in total. The molecule has 0 aliphatic carbocycles. The topological polar surface area (TPSA) is 64.8 Å². The van der Waals surface area contributed by atoms with E-state index in [9.17, 15) is 0 Å². The van der Waals surface area contributed by atoms with Crippen LogP contribution in [0.3, 0.4) is 0 Å². The van der Waals surface area contributed by atoms with Crippen LogP contribution in [0.4, 0.5) is 16.6 Å². The standard InChI is InChI=1S/C12H12BrN5S/c1-18(6-2-5-14)11-7-10(15-8-16-11)17-12-4-3-9(13)19-12/h3-4,7-8H,2,6H2,1H3,(H,15,16,17). The average Bonchev–Trinajstić information content (AvgIpc) is 2.81. The van der Waals surface area contributed by atoms with E-state index in [-0.39, 0.29) is 0 Å². The zero-order valence-corrected chi connectivity index (χ0v) is 12.7. The van der Waals surface area contributed by atoms with E-state index in [1.807, 2.05) is 30.1 Å². The molecule has 0 aliphatic heterocycles. The van der Waals surface area contributed by atoms with E-state index in [0.717, 1.165) is 20.4 Å². The molecule has 0 aromatic carbocycles. The summed E-state index contributed by atoms with van der Waals surface area (Å²) in [4.78, 5) is 10.3. The van der Waals surface area contributed by atoms with Crippen molar-refractivity contribution in [2.75, 3.05) is 23.8 Å². The third kappa shape index (κ3) is 3.91. The Morgan fingerprint density at radius 1 is 1.47 bits per heavy atom. The van der Waals surface area contributed by atoms with Crippen molar-refractivity contribution >= 4 is 43.9 Å². The second kappa shape index (κ2) is 6.50. The Bertz CT molecular complexity index is 592. The molecule has 2 rings (SSSR count). The van der Waals surface area contributed by atoms with Crippen molar-refractivity contribution in [3.8, 4) is 6.07 Å². The molecule has 19 heavy (non-hydrogen) atoms. The lowest BCUT2D eigenvalue weighted by molar-refractivity contribution is 0.880. The summed E-state index contributed by atoms with van der Waals surface area (Å²) in [7, 11) is 1.91. The minimum atomic E-state index is 0.473. The summed E-state index contributed by atoms with van der Waals surface area (Å²) in [5, 5.41) is 12.8. The zero-order valence-electron chi connectivity index (χ0n) is 10.3. The van der Waals surface area contributed by atoms with E-state index < -0.39 is 0 Å². The second-order valence-corrected chi connectivity index (χ2v) is 6.28. The molecule has 2 aromatic rings. The quantitative estimate of drug-likeness (QED) is 0.905. The molecule has 1 N–H and O–H groups in total. The molecule has 0 unspecified atom stereocenters. The highest BCUT2D eigenvalue weighted by atomic mass is 79.9. The van der Waals surface area contributed by atoms with Crippen LogP contribution in [0.15, 0.2) is 28.3 Å². The van der Waals surface area contributed by atoms with Crippen LogP contribution in [0.5, 0.6) is 0 Å². The number of halogens is 1. The maximum absolute atomic E-state index is 8.59. The molecule has 0 amide bonds. The van der Waals surface area contributed by atoms with Gasteiger partial charge in [0.05, 0.1) is 21.3 Å². The fraction of sp³-hybridized carbons (Fsp3) is 0.250. The number of nitrogens with zero attached hydrogens (tertiary/aromatic N) is 4. The highest BCUT2D eigenvalue weighted by Gasteiger charge is 2.05. The number of hydrogen-bond donors (Lipinski definition) is 1. The van der Waals surface area contributed by atoms with E-state index in [4.69, 9.17) is 5.26 Å². The minimum Gasteiger partial charge on any atom is -0.358 e. The van der Waals surface area contributed by atoms with Gasteiger partial charge in [0.15, 0.2) is 0 Å². The lowest BCUT2D eigenvalue weighted by Crippen LogP contribution is -2.19. The third-order valence-electron chi connectivity index (χ3n) is 2.43. The molecular weight excluding hydrogens is 326 g/mol. The number of anilines is 3. The van der Waals surface area contributed by atoms with Gasteiger partial charge in [-0.2, -0.15) is 5.26 Å². The molecular formula is C12H12BrN5S. The van der Waals surface area contributed by atoms with Gasteiger partial charge in [0.2, 0.25) is 0 Å². The van der Waals surface area contributed by atoms with Gasteiger partial charge in [-0.1, -0.05) is 0 Å². The summed E-state index contributed by atoms with van der Waals surface area (Å²) in [5.74, 6) is 1.53. The number of aromatic nitrogens is 2. The lowest BCUT2D eigenvalue weighted by Gasteiger charge is -2.16. The number of thiophene rings is 1. The first kappa shape index (κ1) is 13.8. The number of nitrogens with one attached hydrogen (secondary N) is 1. The number of nitriles is 1. The Labute approximate surface area is 124 Å². The SMILES string of the molecule is CN(CCC#N)c1cc(Nc2ccc(Br)s2)ncn1. The van der Waals surface area contributed by atoms with Crippen LogP contribution in [0.25, 0.3) is 0 Å². The van der Waals surface area contributed by atoms with Crippen LogP contribution in [-0.2, 0) is 0 Å². The summed E-state index contributed by atoms with van der Waals surface area (Å²) >= 11 is 5.02. The fourth-order valence-electron chi connectivity index (χ4n) is 1.46. The van der Waals surface area contributed by atoms with Gasteiger partial charge in [0.25, 0.3) is 0 Å².